The summed E-state index contributed by atoms with van der Waals surface area (Å²) in [6.07, 6.45) is 0. The van der Waals surface area contributed by atoms with Crippen molar-refractivity contribution in [1.29, 1.82) is 0 Å². The Balaban J connectivity index is 2.25. The molecule has 98 valence electrons. The van der Waals surface area contributed by atoms with E-state index in [1.165, 1.54) is 12.1 Å². The van der Waals surface area contributed by atoms with Gasteiger partial charge >= 0.3 is 0 Å². The molecule has 0 aromatic heterocycles. The third-order valence-corrected chi connectivity index (χ3v) is 2.97. The quantitative estimate of drug-likeness (QED) is 0.743. The summed E-state index contributed by atoms with van der Waals surface area (Å²) < 4.78 is 0. The van der Waals surface area contributed by atoms with Crippen molar-refractivity contribution in [1.82, 2.24) is 0 Å². The standard InChI is InChI=1S/C13H11Cl2N3O/c14-8-1-2-12(11(15)5-8)18-13(19)7-3-9(16)6-10(17)4-7/h1-6H,16-17H2,(H,18,19). The first-order valence-electron chi connectivity index (χ1n) is 5.38. The normalized spacial score (nSPS) is 10.2. The van der Waals surface area contributed by atoms with Gasteiger partial charge in [-0.1, -0.05) is 23.2 Å². The monoisotopic (exact) mass is 295 g/mol. The lowest BCUT2D eigenvalue weighted by atomic mass is 10.1. The minimum Gasteiger partial charge on any atom is -0.399 e. The van der Waals surface area contributed by atoms with Gasteiger partial charge in [-0.25, -0.2) is 0 Å². The van der Waals surface area contributed by atoms with Gasteiger partial charge in [-0.3, -0.25) is 4.79 Å². The molecule has 0 aliphatic carbocycles. The van der Waals surface area contributed by atoms with Crippen LogP contribution in [0, 0.1) is 0 Å². The molecule has 4 nitrogen and oxygen atoms in total. The average Bonchev–Trinajstić information content (AvgIpc) is 2.31. The first kappa shape index (κ1) is 13.5. The van der Waals surface area contributed by atoms with E-state index in [4.69, 9.17) is 34.7 Å². The largest absolute Gasteiger partial charge is 0.399 e. The number of nitrogens with two attached hydrogens (primary N) is 2. The zero-order valence-corrected chi connectivity index (χ0v) is 11.3. The molecule has 2 aromatic rings. The molecule has 0 spiro atoms. The van der Waals surface area contributed by atoms with Crippen molar-refractivity contribution in [3.05, 3.63) is 52.0 Å². The highest BCUT2D eigenvalue weighted by atomic mass is 35.5. The van der Waals surface area contributed by atoms with E-state index >= 15 is 0 Å². The molecule has 0 bridgehead atoms. The highest BCUT2D eigenvalue weighted by molar-refractivity contribution is 6.36. The molecule has 5 N–H and O–H groups in total. The van der Waals surface area contributed by atoms with Crippen LogP contribution in [0.3, 0.4) is 0 Å². The van der Waals surface area contributed by atoms with Gasteiger partial charge in [0.1, 0.15) is 0 Å². The Morgan fingerprint density at radius 3 is 2.21 bits per heavy atom. The number of hydrogen-bond donors (Lipinski definition) is 3. The van der Waals surface area contributed by atoms with E-state index < -0.39 is 0 Å². The van der Waals surface area contributed by atoms with Crippen LogP contribution in [0.4, 0.5) is 17.1 Å². The molecule has 0 aliphatic rings. The lowest BCUT2D eigenvalue weighted by Crippen LogP contribution is -2.13. The topological polar surface area (TPSA) is 81.1 Å². The molecule has 19 heavy (non-hydrogen) atoms. The highest BCUT2D eigenvalue weighted by Crippen LogP contribution is 2.26. The van der Waals surface area contributed by atoms with Gasteiger partial charge in [-0.05, 0) is 36.4 Å². The molecular formula is C13H11Cl2N3O. The molecule has 2 rings (SSSR count). The lowest BCUT2D eigenvalue weighted by Gasteiger charge is -2.08. The molecule has 0 unspecified atom stereocenters. The lowest BCUT2D eigenvalue weighted by molar-refractivity contribution is 0.102. The van der Waals surface area contributed by atoms with E-state index in [-0.39, 0.29) is 5.91 Å². The summed E-state index contributed by atoms with van der Waals surface area (Å²) in [7, 11) is 0. The third kappa shape index (κ3) is 3.30. The molecule has 0 fully saturated rings. The van der Waals surface area contributed by atoms with Crippen molar-refractivity contribution in [2.75, 3.05) is 16.8 Å². The molecule has 0 aliphatic heterocycles. The van der Waals surface area contributed by atoms with Gasteiger partial charge in [-0.15, -0.1) is 0 Å². The van der Waals surface area contributed by atoms with E-state index in [9.17, 15) is 4.79 Å². The summed E-state index contributed by atoms with van der Waals surface area (Å²) in [6, 6.07) is 9.46. The number of hydrogen-bond acceptors (Lipinski definition) is 3. The average molecular weight is 296 g/mol. The van der Waals surface area contributed by atoms with Crippen LogP contribution in [0.1, 0.15) is 10.4 Å². The number of carbonyl (C=O) groups is 1. The zero-order valence-electron chi connectivity index (χ0n) is 9.78. The number of amides is 1. The second-order valence-electron chi connectivity index (χ2n) is 3.97. The van der Waals surface area contributed by atoms with Crippen LogP contribution >= 0.6 is 23.2 Å². The van der Waals surface area contributed by atoms with Crippen molar-refractivity contribution in [2.24, 2.45) is 0 Å². The smallest absolute Gasteiger partial charge is 0.255 e. The van der Waals surface area contributed by atoms with Crippen molar-refractivity contribution < 1.29 is 4.79 Å². The molecule has 0 atom stereocenters. The first-order valence-corrected chi connectivity index (χ1v) is 6.14. The maximum Gasteiger partial charge on any atom is 0.255 e. The Kier molecular flexibility index (Phi) is 3.83. The van der Waals surface area contributed by atoms with E-state index in [1.807, 2.05) is 0 Å². The van der Waals surface area contributed by atoms with E-state index in [2.05, 4.69) is 5.32 Å². The molecule has 0 heterocycles. The Hall–Kier alpha value is -1.91. The number of rotatable bonds is 2. The van der Waals surface area contributed by atoms with Gasteiger partial charge in [-0.2, -0.15) is 0 Å². The number of carbonyl (C=O) groups excluding carboxylic acids is 1. The van der Waals surface area contributed by atoms with Crippen molar-refractivity contribution >= 4 is 46.2 Å². The van der Waals surface area contributed by atoms with E-state index in [0.29, 0.717) is 32.7 Å². The number of benzene rings is 2. The molecule has 6 heteroatoms. The second kappa shape index (κ2) is 5.38. The van der Waals surface area contributed by atoms with Crippen molar-refractivity contribution in [3.8, 4) is 0 Å². The Labute approximate surface area is 120 Å². The van der Waals surface area contributed by atoms with Gasteiger partial charge in [0.05, 0.1) is 10.7 Å². The van der Waals surface area contributed by atoms with Crippen LogP contribution in [0.15, 0.2) is 36.4 Å². The molecule has 2 aromatic carbocycles. The van der Waals surface area contributed by atoms with Crippen LogP contribution in [0.5, 0.6) is 0 Å². The van der Waals surface area contributed by atoms with Crippen molar-refractivity contribution in [3.63, 3.8) is 0 Å². The van der Waals surface area contributed by atoms with Gasteiger partial charge in [0.2, 0.25) is 0 Å². The van der Waals surface area contributed by atoms with Crippen LogP contribution < -0.4 is 16.8 Å². The van der Waals surface area contributed by atoms with Crippen LogP contribution in [0.25, 0.3) is 0 Å². The number of anilines is 3. The fourth-order valence-electron chi connectivity index (χ4n) is 1.59. The van der Waals surface area contributed by atoms with Gasteiger partial charge in [0.15, 0.2) is 0 Å². The van der Waals surface area contributed by atoms with Crippen LogP contribution in [-0.2, 0) is 0 Å². The van der Waals surface area contributed by atoms with Gasteiger partial charge < -0.3 is 16.8 Å². The third-order valence-electron chi connectivity index (χ3n) is 2.42. The summed E-state index contributed by atoms with van der Waals surface area (Å²) in [5, 5.41) is 3.52. The summed E-state index contributed by atoms with van der Waals surface area (Å²) in [5.41, 5.74) is 13.0. The number of nitrogens with one attached hydrogen (secondary N) is 1. The fourth-order valence-corrected chi connectivity index (χ4v) is 2.05. The maximum absolute atomic E-state index is 12.0. The van der Waals surface area contributed by atoms with E-state index in [0.717, 1.165) is 0 Å². The predicted octanol–water partition coefficient (Wildman–Crippen LogP) is 3.41. The highest BCUT2D eigenvalue weighted by Gasteiger charge is 2.10. The van der Waals surface area contributed by atoms with Gasteiger partial charge in [0.25, 0.3) is 5.91 Å². The molecule has 0 saturated heterocycles. The van der Waals surface area contributed by atoms with Crippen LogP contribution in [0.2, 0.25) is 10.0 Å². The Morgan fingerprint density at radius 2 is 1.63 bits per heavy atom. The van der Waals surface area contributed by atoms with Gasteiger partial charge in [0, 0.05) is 22.0 Å². The minimum absolute atomic E-state index is 0.344. The zero-order chi connectivity index (χ0) is 14.0. The summed E-state index contributed by atoms with van der Waals surface area (Å²) >= 11 is 11.8. The second-order valence-corrected chi connectivity index (χ2v) is 4.81. The molecule has 1 amide bonds. The summed E-state index contributed by atoms with van der Waals surface area (Å²) in [6.45, 7) is 0. The molecule has 0 saturated carbocycles. The first-order chi connectivity index (χ1) is 8.95. The number of nitrogen functional groups attached to an aromatic ring is 2. The van der Waals surface area contributed by atoms with Crippen LogP contribution in [-0.4, -0.2) is 5.91 Å². The number of halogens is 2. The molecular weight excluding hydrogens is 285 g/mol. The van der Waals surface area contributed by atoms with E-state index in [1.54, 1.807) is 24.3 Å². The fraction of sp³-hybridized carbons (Fsp3) is 0. The maximum atomic E-state index is 12.0. The Morgan fingerprint density at radius 1 is 1.00 bits per heavy atom. The summed E-state index contributed by atoms with van der Waals surface area (Å²) in [4.78, 5) is 12.0. The van der Waals surface area contributed by atoms with Crippen molar-refractivity contribution in [2.45, 2.75) is 0 Å². The predicted molar refractivity (Wildman–Crippen MR) is 79.7 cm³/mol. The Bertz CT molecular complexity index is 624. The molecule has 0 radical (unpaired) electrons. The summed E-state index contributed by atoms with van der Waals surface area (Å²) in [5.74, 6) is -0.344. The minimum atomic E-state index is -0.344. The SMILES string of the molecule is Nc1cc(N)cc(C(=O)Nc2ccc(Cl)cc2Cl)c1.